The van der Waals surface area contributed by atoms with Crippen LogP contribution in [0.2, 0.25) is 0 Å². The zero-order chi connectivity index (χ0) is 6.69. The fraction of sp³-hybridized carbons (Fsp3) is 1.00. The van der Waals surface area contributed by atoms with E-state index in [4.69, 9.17) is 4.74 Å². The monoisotopic (exact) mass is 129 g/mol. The third-order valence-electron chi connectivity index (χ3n) is 1.87. The summed E-state index contributed by atoms with van der Waals surface area (Å²) in [6.45, 7) is 1.89. The summed E-state index contributed by atoms with van der Waals surface area (Å²) in [5.41, 5.74) is 0. The predicted octanol–water partition coefficient (Wildman–Crippen LogP) is 0.727. The quantitative estimate of drug-likeness (QED) is 0.517. The smallest absolute Gasteiger partial charge is 0.0621 e. The maximum atomic E-state index is 5.30. The van der Waals surface area contributed by atoms with Crippen LogP contribution in [-0.4, -0.2) is 38.3 Å². The zero-order valence-corrected chi connectivity index (χ0v) is 6.26. The highest BCUT2D eigenvalue weighted by Crippen LogP contribution is 2.09. The fourth-order valence-electron chi connectivity index (χ4n) is 1.13. The molecule has 0 radical (unpaired) electrons. The Balaban J connectivity index is 2.23. The van der Waals surface area contributed by atoms with E-state index in [2.05, 4.69) is 19.0 Å². The van der Waals surface area contributed by atoms with Crippen molar-refractivity contribution in [2.45, 2.75) is 18.9 Å². The van der Waals surface area contributed by atoms with Crippen LogP contribution in [0.25, 0.3) is 0 Å². The first-order valence-corrected chi connectivity index (χ1v) is 3.55. The molecule has 0 aromatic heterocycles. The van der Waals surface area contributed by atoms with E-state index in [9.17, 15) is 0 Å². The Morgan fingerprint density at radius 1 is 1.44 bits per heavy atom. The van der Waals surface area contributed by atoms with Gasteiger partial charge >= 0.3 is 0 Å². The summed E-state index contributed by atoms with van der Waals surface area (Å²) in [6, 6.07) is 0.666. The lowest BCUT2D eigenvalue weighted by molar-refractivity contribution is 0.0363. The number of nitrogens with zero attached hydrogens (tertiary/aromatic N) is 1. The molecule has 1 aliphatic heterocycles. The van der Waals surface area contributed by atoms with Crippen molar-refractivity contribution in [3.63, 3.8) is 0 Å². The van der Waals surface area contributed by atoms with Crippen LogP contribution < -0.4 is 0 Å². The van der Waals surface area contributed by atoms with Crippen molar-refractivity contribution in [1.82, 2.24) is 4.90 Å². The lowest BCUT2D eigenvalue weighted by Crippen LogP contribution is -2.35. The Morgan fingerprint density at radius 2 is 2.22 bits per heavy atom. The largest absolute Gasteiger partial charge is 0.380 e. The highest BCUT2D eigenvalue weighted by atomic mass is 16.5. The normalized spacial score (nSPS) is 29.0. The van der Waals surface area contributed by atoms with Crippen LogP contribution >= 0.6 is 0 Å². The van der Waals surface area contributed by atoms with Gasteiger partial charge in [-0.05, 0) is 26.9 Å². The van der Waals surface area contributed by atoms with Gasteiger partial charge in [0.2, 0.25) is 0 Å². The van der Waals surface area contributed by atoms with Crippen molar-refractivity contribution >= 4 is 0 Å². The maximum absolute atomic E-state index is 5.30. The van der Waals surface area contributed by atoms with Gasteiger partial charge in [0.25, 0.3) is 0 Å². The van der Waals surface area contributed by atoms with Crippen LogP contribution in [0.3, 0.4) is 0 Å². The van der Waals surface area contributed by atoms with Gasteiger partial charge in [0, 0.05) is 12.6 Å². The van der Waals surface area contributed by atoms with Gasteiger partial charge in [0.1, 0.15) is 0 Å². The van der Waals surface area contributed by atoms with Gasteiger partial charge < -0.3 is 9.64 Å². The average molecular weight is 129 g/mol. The minimum Gasteiger partial charge on any atom is -0.380 e. The topological polar surface area (TPSA) is 12.5 Å². The summed E-state index contributed by atoms with van der Waals surface area (Å²) in [6.07, 6.45) is 2.52. The second kappa shape index (κ2) is 3.18. The third kappa shape index (κ3) is 1.95. The zero-order valence-electron chi connectivity index (χ0n) is 6.26. The standard InChI is InChI=1S/C7H15NO/c1-8(2)7-4-3-5-9-6-7/h7H,3-6H2,1-2H3/t7-/m1/s1. The van der Waals surface area contributed by atoms with E-state index in [0.29, 0.717) is 6.04 Å². The molecule has 0 spiro atoms. The second-order valence-corrected chi connectivity index (χ2v) is 2.83. The van der Waals surface area contributed by atoms with Crippen LogP contribution in [0.4, 0.5) is 0 Å². The summed E-state index contributed by atoms with van der Waals surface area (Å²) in [7, 11) is 4.22. The molecule has 54 valence electrons. The first kappa shape index (κ1) is 7.03. The summed E-state index contributed by atoms with van der Waals surface area (Å²) >= 11 is 0. The lowest BCUT2D eigenvalue weighted by atomic mass is 10.1. The summed E-state index contributed by atoms with van der Waals surface area (Å²) in [5.74, 6) is 0. The summed E-state index contributed by atoms with van der Waals surface area (Å²) in [5, 5.41) is 0. The average Bonchev–Trinajstić information content (AvgIpc) is 1.90. The van der Waals surface area contributed by atoms with Gasteiger partial charge in [-0.25, -0.2) is 0 Å². The van der Waals surface area contributed by atoms with Crippen molar-refractivity contribution in [3.8, 4) is 0 Å². The van der Waals surface area contributed by atoms with Gasteiger partial charge in [-0.3, -0.25) is 0 Å². The number of rotatable bonds is 1. The van der Waals surface area contributed by atoms with E-state index >= 15 is 0 Å². The fourth-order valence-corrected chi connectivity index (χ4v) is 1.13. The molecule has 9 heavy (non-hydrogen) atoms. The Hall–Kier alpha value is -0.0800. The van der Waals surface area contributed by atoms with E-state index in [1.165, 1.54) is 12.8 Å². The van der Waals surface area contributed by atoms with E-state index in [0.717, 1.165) is 13.2 Å². The Labute approximate surface area is 56.8 Å². The molecule has 2 nitrogen and oxygen atoms in total. The van der Waals surface area contributed by atoms with E-state index in [1.54, 1.807) is 0 Å². The Bertz CT molecular complexity index is 77.0. The van der Waals surface area contributed by atoms with Crippen LogP contribution in [-0.2, 0) is 4.74 Å². The molecule has 0 amide bonds. The Morgan fingerprint density at radius 3 is 2.56 bits per heavy atom. The van der Waals surface area contributed by atoms with Crippen molar-refractivity contribution in [2.24, 2.45) is 0 Å². The second-order valence-electron chi connectivity index (χ2n) is 2.83. The predicted molar refractivity (Wildman–Crippen MR) is 37.5 cm³/mol. The molecule has 0 aliphatic carbocycles. The molecule has 0 saturated carbocycles. The molecule has 1 heterocycles. The molecule has 0 aromatic rings. The highest BCUT2D eigenvalue weighted by molar-refractivity contribution is 4.68. The van der Waals surface area contributed by atoms with Crippen LogP contribution in [0.1, 0.15) is 12.8 Å². The minimum atomic E-state index is 0.666. The van der Waals surface area contributed by atoms with Crippen molar-refractivity contribution in [2.75, 3.05) is 27.3 Å². The van der Waals surface area contributed by atoms with Crippen molar-refractivity contribution in [1.29, 1.82) is 0 Å². The molecular weight excluding hydrogens is 114 g/mol. The maximum Gasteiger partial charge on any atom is 0.0621 e. The molecular formula is C7H15NO. The van der Waals surface area contributed by atoms with Gasteiger partial charge in [0.05, 0.1) is 6.61 Å². The van der Waals surface area contributed by atoms with Gasteiger partial charge in [-0.1, -0.05) is 0 Å². The first-order valence-electron chi connectivity index (χ1n) is 3.55. The molecule has 0 aromatic carbocycles. The van der Waals surface area contributed by atoms with Crippen LogP contribution in [0.5, 0.6) is 0 Å². The van der Waals surface area contributed by atoms with Crippen molar-refractivity contribution in [3.05, 3.63) is 0 Å². The number of hydrogen-bond acceptors (Lipinski definition) is 2. The molecule has 0 N–H and O–H groups in total. The molecule has 1 atom stereocenters. The lowest BCUT2D eigenvalue weighted by Gasteiger charge is -2.27. The third-order valence-corrected chi connectivity index (χ3v) is 1.87. The highest BCUT2D eigenvalue weighted by Gasteiger charge is 2.14. The molecule has 1 saturated heterocycles. The minimum absolute atomic E-state index is 0.666. The van der Waals surface area contributed by atoms with Gasteiger partial charge in [-0.15, -0.1) is 0 Å². The van der Waals surface area contributed by atoms with Gasteiger partial charge in [0.15, 0.2) is 0 Å². The van der Waals surface area contributed by atoms with Crippen LogP contribution in [0.15, 0.2) is 0 Å². The Kier molecular flexibility index (Phi) is 2.49. The molecule has 0 bridgehead atoms. The molecule has 1 fully saturated rings. The molecule has 0 unspecified atom stereocenters. The molecule has 2 heteroatoms. The number of likely N-dealkylation sites (N-methyl/N-ethyl adjacent to an activating group) is 1. The van der Waals surface area contributed by atoms with E-state index in [1.807, 2.05) is 0 Å². The number of hydrogen-bond donors (Lipinski definition) is 0. The molecule has 1 rings (SSSR count). The SMILES string of the molecule is CN(C)[C@@H]1CCCOC1. The molecule has 1 aliphatic rings. The van der Waals surface area contributed by atoms with Crippen molar-refractivity contribution < 1.29 is 4.74 Å². The summed E-state index contributed by atoms with van der Waals surface area (Å²) < 4.78 is 5.30. The number of ether oxygens (including phenoxy) is 1. The van der Waals surface area contributed by atoms with Gasteiger partial charge in [-0.2, -0.15) is 0 Å². The van der Waals surface area contributed by atoms with Crippen LogP contribution in [0, 0.1) is 0 Å². The van der Waals surface area contributed by atoms with E-state index < -0.39 is 0 Å². The van der Waals surface area contributed by atoms with E-state index in [-0.39, 0.29) is 0 Å². The first-order chi connectivity index (χ1) is 4.30. The summed E-state index contributed by atoms with van der Waals surface area (Å²) in [4.78, 5) is 2.24.